The van der Waals surface area contributed by atoms with Crippen LogP contribution in [0.25, 0.3) is 0 Å². The van der Waals surface area contributed by atoms with E-state index in [-0.39, 0.29) is 0 Å². The molecule has 0 aliphatic carbocycles. The third-order valence-corrected chi connectivity index (χ3v) is 2.98. The van der Waals surface area contributed by atoms with Crippen molar-refractivity contribution < 1.29 is 14.3 Å². The van der Waals surface area contributed by atoms with Crippen LogP contribution in [-0.2, 0) is 9.53 Å². The van der Waals surface area contributed by atoms with Crippen molar-refractivity contribution in [2.75, 3.05) is 11.9 Å². The van der Waals surface area contributed by atoms with Gasteiger partial charge in [-0.05, 0) is 35.0 Å². The lowest BCUT2D eigenvalue weighted by atomic mass is 10.3. The Kier molecular flexibility index (Phi) is 6.29. The maximum absolute atomic E-state index is 11.3. The molecular weight excluding hydrogens is 352 g/mol. The number of hydrogen-bond acceptors (Lipinski definition) is 3. The minimum atomic E-state index is -0.408. The van der Waals surface area contributed by atoms with Gasteiger partial charge in [0.25, 0.3) is 0 Å². The lowest BCUT2D eigenvalue weighted by Gasteiger charge is -2.09. The Morgan fingerprint density at radius 2 is 2.12 bits per heavy atom. The Labute approximate surface area is 117 Å². The maximum Gasteiger partial charge on any atom is 0.334 e. The van der Waals surface area contributed by atoms with Crippen LogP contribution >= 0.6 is 31.9 Å². The van der Waals surface area contributed by atoms with Gasteiger partial charge in [0.2, 0.25) is 0 Å². The Hall–Kier alpha value is -0.810. The van der Waals surface area contributed by atoms with Crippen LogP contribution < -0.4 is 4.74 Å². The number of esters is 1. The summed E-state index contributed by atoms with van der Waals surface area (Å²) in [5.74, 6) is 0.742. The number of carbonyl (C=O) groups is 1. The van der Waals surface area contributed by atoms with E-state index >= 15 is 0 Å². The van der Waals surface area contributed by atoms with Gasteiger partial charge in [0, 0.05) is 0 Å². The number of benzene rings is 1. The summed E-state index contributed by atoms with van der Waals surface area (Å²) in [6.45, 7) is 2.11. The fourth-order valence-electron chi connectivity index (χ4n) is 1.08. The first kappa shape index (κ1) is 14.3. The van der Waals surface area contributed by atoms with Crippen molar-refractivity contribution in [2.45, 2.75) is 6.92 Å². The van der Waals surface area contributed by atoms with E-state index in [1.54, 1.807) is 6.92 Å². The SMILES string of the molecule is CCOC(=O)C=C(CBr)Oc1ccccc1Br. The molecule has 0 saturated carbocycles. The molecule has 0 bridgehead atoms. The molecule has 0 aliphatic heterocycles. The van der Waals surface area contributed by atoms with Crippen LogP contribution in [0.15, 0.2) is 40.6 Å². The molecule has 0 aromatic heterocycles. The highest BCUT2D eigenvalue weighted by molar-refractivity contribution is 9.10. The second-order valence-electron chi connectivity index (χ2n) is 3.03. The average Bonchev–Trinajstić information content (AvgIpc) is 2.31. The van der Waals surface area contributed by atoms with Crippen LogP contribution in [0.5, 0.6) is 5.75 Å². The van der Waals surface area contributed by atoms with E-state index in [4.69, 9.17) is 9.47 Å². The zero-order valence-corrected chi connectivity index (χ0v) is 12.5. The molecule has 1 aromatic carbocycles. The lowest BCUT2D eigenvalue weighted by molar-refractivity contribution is -0.137. The summed E-state index contributed by atoms with van der Waals surface area (Å²) in [7, 11) is 0. The number of allylic oxidation sites excluding steroid dienone is 1. The van der Waals surface area contributed by atoms with E-state index in [2.05, 4.69) is 31.9 Å². The largest absolute Gasteiger partial charge is 0.463 e. The summed E-state index contributed by atoms with van der Waals surface area (Å²) >= 11 is 6.63. The molecule has 1 aromatic rings. The summed E-state index contributed by atoms with van der Waals surface area (Å²) in [5.41, 5.74) is 0. The van der Waals surface area contributed by atoms with Gasteiger partial charge in [-0.2, -0.15) is 0 Å². The van der Waals surface area contributed by atoms with Crippen LogP contribution in [0, 0.1) is 0 Å². The second kappa shape index (κ2) is 7.50. The van der Waals surface area contributed by atoms with E-state index in [9.17, 15) is 4.79 Å². The molecule has 17 heavy (non-hydrogen) atoms. The van der Waals surface area contributed by atoms with E-state index in [1.165, 1.54) is 6.08 Å². The highest BCUT2D eigenvalue weighted by atomic mass is 79.9. The van der Waals surface area contributed by atoms with Crippen LogP contribution in [0.1, 0.15) is 6.92 Å². The normalized spacial score (nSPS) is 11.1. The van der Waals surface area contributed by atoms with Gasteiger partial charge in [0.05, 0.1) is 22.5 Å². The minimum absolute atomic E-state index is 0.347. The Bertz CT molecular complexity index is 416. The number of alkyl halides is 1. The van der Waals surface area contributed by atoms with Crippen LogP contribution in [0.3, 0.4) is 0 Å². The maximum atomic E-state index is 11.3. The molecule has 0 spiro atoms. The molecular formula is C12H12Br2O3. The number of para-hydroxylation sites is 1. The molecule has 0 aliphatic rings. The van der Waals surface area contributed by atoms with E-state index < -0.39 is 5.97 Å². The van der Waals surface area contributed by atoms with Gasteiger partial charge in [-0.1, -0.05) is 28.1 Å². The van der Waals surface area contributed by atoms with E-state index in [0.717, 1.165) is 4.47 Å². The summed E-state index contributed by atoms with van der Waals surface area (Å²) in [5, 5.41) is 0.438. The smallest absolute Gasteiger partial charge is 0.334 e. The fraction of sp³-hybridized carbons (Fsp3) is 0.250. The summed E-state index contributed by atoms with van der Waals surface area (Å²) < 4.78 is 11.2. The van der Waals surface area contributed by atoms with Crippen LogP contribution in [-0.4, -0.2) is 17.9 Å². The predicted molar refractivity (Wildman–Crippen MR) is 73.3 cm³/mol. The molecule has 3 nitrogen and oxygen atoms in total. The first-order valence-corrected chi connectivity index (χ1v) is 6.94. The highest BCUT2D eigenvalue weighted by Crippen LogP contribution is 2.26. The summed E-state index contributed by atoms with van der Waals surface area (Å²) in [6, 6.07) is 7.42. The van der Waals surface area contributed by atoms with Crippen molar-refractivity contribution in [3.05, 3.63) is 40.6 Å². The number of halogens is 2. The molecule has 0 amide bonds. The van der Waals surface area contributed by atoms with Gasteiger partial charge in [0.15, 0.2) is 0 Å². The van der Waals surface area contributed by atoms with Gasteiger partial charge in [-0.3, -0.25) is 0 Å². The van der Waals surface area contributed by atoms with Crippen molar-refractivity contribution in [3.63, 3.8) is 0 Å². The molecule has 0 N–H and O–H groups in total. The van der Waals surface area contributed by atoms with Crippen LogP contribution in [0.4, 0.5) is 0 Å². The van der Waals surface area contributed by atoms with Crippen molar-refractivity contribution in [2.24, 2.45) is 0 Å². The monoisotopic (exact) mass is 362 g/mol. The average molecular weight is 364 g/mol. The lowest BCUT2D eigenvalue weighted by Crippen LogP contribution is -2.05. The predicted octanol–water partition coefficient (Wildman–Crippen LogP) is 3.67. The van der Waals surface area contributed by atoms with E-state index in [1.807, 2.05) is 24.3 Å². The Morgan fingerprint density at radius 1 is 1.41 bits per heavy atom. The molecule has 92 valence electrons. The third kappa shape index (κ3) is 4.91. The van der Waals surface area contributed by atoms with Crippen molar-refractivity contribution in [1.82, 2.24) is 0 Å². The standard InChI is InChI=1S/C12H12Br2O3/c1-2-16-12(15)7-9(8-13)17-11-6-4-3-5-10(11)14/h3-7H,2,8H2,1H3. The Balaban J connectivity index is 2.77. The summed E-state index contributed by atoms with van der Waals surface area (Å²) in [4.78, 5) is 11.3. The first-order valence-electron chi connectivity index (χ1n) is 5.03. The molecule has 0 saturated heterocycles. The van der Waals surface area contributed by atoms with Crippen LogP contribution in [0.2, 0.25) is 0 Å². The quantitative estimate of drug-likeness (QED) is 0.346. The zero-order valence-electron chi connectivity index (χ0n) is 9.28. The number of hydrogen-bond donors (Lipinski definition) is 0. The van der Waals surface area contributed by atoms with Gasteiger partial charge >= 0.3 is 5.97 Å². The molecule has 0 unspecified atom stereocenters. The number of carbonyl (C=O) groups excluding carboxylic acids is 1. The highest BCUT2D eigenvalue weighted by Gasteiger charge is 2.06. The topological polar surface area (TPSA) is 35.5 Å². The van der Waals surface area contributed by atoms with Crippen molar-refractivity contribution in [3.8, 4) is 5.75 Å². The number of rotatable bonds is 5. The van der Waals surface area contributed by atoms with Crippen molar-refractivity contribution in [1.29, 1.82) is 0 Å². The Morgan fingerprint density at radius 3 is 2.71 bits per heavy atom. The molecule has 0 fully saturated rings. The van der Waals surface area contributed by atoms with Gasteiger partial charge in [-0.25, -0.2) is 4.79 Å². The summed E-state index contributed by atoms with van der Waals surface area (Å²) in [6.07, 6.45) is 1.33. The van der Waals surface area contributed by atoms with Gasteiger partial charge in [0.1, 0.15) is 11.5 Å². The molecule has 0 atom stereocenters. The third-order valence-electron chi connectivity index (χ3n) is 1.77. The van der Waals surface area contributed by atoms with Gasteiger partial charge in [-0.15, -0.1) is 0 Å². The fourth-order valence-corrected chi connectivity index (χ4v) is 1.72. The molecule has 0 radical (unpaired) electrons. The van der Waals surface area contributed by atoms with Gasteiger partial charge < -0.3 is 9.47 Å². The minimum Gasteiger partial charge on any atom is -0.463 e. The second-order valence-corrected chi connectivity index (χ2v) is 4.44. The number of ether oxygens (including phenoxy) is 2. The van der Waals surface area contributed by atoms with E-state index in [0.29, 0.717) is 23.4 Å². The zero-order chi connectivity index (χ0) is 12.7. The molecule has 1 rings (SSSR count). The van der Waals surface area contributed by atoms with Crippen molar-refractivity contribution >= 4 is 37.8 Å². The first-order chi connectivity index (χ1) is 8.17. The molecule has 0 heterocycles. The molecule has 5 heteroatoms.